The monoisotopic (exact) mass is 209 g/mol. The number of H-pyrrole nitrogens is 1. The Labute approximate surface area is 86.2 Å². The van der Waals surface area contributed by atoms with Crippen LogP contribution in [0.1, 0.15) is 11.1 Å². The van der Waals surface area contributed by atoms with Crippen LogP contribution < -0.4 is 5.56 Å². The molecule has 0 radical (unpaired) electrons. The normalized spacial score (nSPS) is 9.43. The number of fused-ring (bicyclic) bond motifs is 1. The topological polar surface area (TPSA) is 61.1 Å². The lowest BCUT2D eigenvalue weighted by Gasteiger charge is -1.97. The fourth-order valence-corrected chi connectivity index (χ4v) is 1.35. The van der Waals surface area contributed by atoms with Crippen LogP contribution in [0.25, 0.3) is 5.52 Å². The van der Waals surface area contributed by atoms with Crippen molar-refractivity contribution >= 4 is 17.9 Å². The maximum Gasteiger partial charge on any atom is 0.287 e. The Hall–Kier alpha value is -1.73. The van der Waals surface area contributed by atoms with Crippen LogP contribution in [0.15, 0.2) is 23.1 Å². The van der Waals surface area contributed by atoms with Crippen molar-refractivity contribution in [3.63, 3.8) is 0 Å². The smallest absolute Gasteiger partial charge is 0.287 e. The molecule has 0 fully saturated rings. The first-order chi connectivity index (χ1) is 6.24. The Bertz CT molecular complexity index is 561. The second kappa shape index (κ2) is 3.56. The molecule has 0 atom stereocenters. The van der Waals surface area contributed by atoms with Crippen LogP contribution in [-0.4, -0.2) is 9.61 Å². The lowest BCUT2D eigenvalue weighted by atomic mass is 10.1. The molecule has 0 saturated heterocycles. The fourth-order valence-electron chi connectivity index (χ4n) is 1.35. The van der Waals surface area contributed by atoms with Gasteiger partial charge in [-0.3, -0.25) is 9.89 Å². The zero-order chi connectivity index (χ0) is 9.42. The number of hydrogen-bond acceptors (Lipinski definition) is 2. The summed E-state index contributed by atoms with van der Waals surface area (Å²) in [5.41, 5.74) is 1.40. The first-order valence-corrected chi connectivity index (χ1v) is 3.84. The summed E-state index contributed by atoms with van der Waals surface area (Å²) in [5, 5.41) is 11.5. The number of pyridine rings is 1. The van der Waals surface area contributed by atoms with E-state index in [0.717, 1.165) is 5.52 Å². The molecular weight excluding hydrogens is 202 g/mol. The van der Waals surface area contributed by atoms with Gasteiger partial charge in [0.15, 0.2) is 0 Å². The molecule has 0 bridgehead atoms. The molecule has 4 nitrogen and oxygen atoms in total. The first kappa shape index (κ1) is 10.4. The Morgan fingerprint density at radius 2 is 2.29 bits per heavy atom. The van der Waals surface area contributed by atoms with Gasteiger partial charge in [-0.15, -0.1) is 12.4 Å². The fraction of sp³-hybridized carbons (Fsp3) is 0.111. The van der Waals surface area contributed by atoms with Crippen molar-refractivity contribution < 1.29 is 0 Å². The quantitative estimate of drug-likeness (QED) is 0.710. The van der Waals surface area contributed by atoms with Crippen LogP contribution in [0.4, 0.5) is 0 Å². The number of hydrogen-bond donors (Lipinski definition) is 1. The molecule has 5 heteroatoms. The average Bonchev–Trinajstić information content (AvgIpc) is 2.53. The third-order valence-electron chi connectivity index (χ3n) is 2.00. The largest absolute Gasteiger partial charge is 0.298 e. The summed E-state index contributed by atoms with van der Waals surface area (Å²) in [6.45, 7) is 1.76. The third kappa shape index (κ3) is 1.28. The lowest BCUT2D eigenvalue weighted by molar-refractivity contribution is 0.910. The minimum Gasteiger partial charge on any atom is -0.298 e. The number of aromatic amines is 1. The second-order valence-electron chi connectivity index (χ2n) is 2.84. The standard InChI is InChI=1S/C9H7N3O.ClH/c1-6-4-7-2-3-11-12(7)9(13)8(6)5-10;/h2-4,11H,1H3;1H. The Kier molecular flexibility index (Phi) is 2.63. The summed E-state index contributed by atoms with van der Waals surface area (Å²) in [4.78, 5) is 11.6. The van der Waals surface area contributed by atoms with Gasteiger partial charge in [0.2, 0.25) is 0 Å². The predicted octanol–water partition coefficient (Wildman–Crippen LogP) is 1.23. The van der Waals surface area contributed by atoms with Crippen molar-refractivity contribution in [2.45, 2.75) is 6.92 Å². The van der Waals surface area contributed by atoms with Crippen molar-refractivity contribution in [2.75, 3.05) is 0 Å². The van der Waals surface area contributed by atoms with E-state index in [1.54, 1.807) is 25.3 Å². The van der Waals surface area contributed by atoms with Crippen molar-refractivity contribution in [3.05, 3.63) is 39.8 Å². The number of aromatic nitrogens is 2. The molecular formula is C9H8ClN3O. The Balaban J connectivity index is 0.000000980. The summed E-state index contributed by atoms with van der Waals surface area (Å²) < 4.78 is 1.35. The molecule has 0 aliphatic rings. The van der Waals surface area contributed by atoms with Crippen LogP contribution in [-0.2, 0) is 0 Å². The van der Waals surface area contributed by atoms with E-state index in [1.165, 1.54) is 4.52 Å². The number of halogens is 1. The van der Waals surface area contributed by atoms with Gasteiger partial charge in [-0.2, -0.15) is 5.26 Å². The highest BCUT2D eigenvalue weighted by Crippen LogP contribution is 2.05. The molecule has 2 heterocycles. The molecule has 0 aliphatic heterocycles. The minimum absolute atomic E-state index is 0. The van der Waals surface area contributed by atoms with Crippen LogP contribution in [0.2, 0.25) is 0 Å². The molecule has 2 rings (SSSR count). The molecule has 0 spiro atoms. The third-order valence-corrected chi connectivity index (χ3v) is 2.00. The number of nitrogens with zero attached hydrogens (tertiary/aromatic N) is 2. The molecule has 72 valence electrons. The van der Waals surface area contributed by atoms with E-state index >= 15 is 0 Å². The van der Waals surface area contributed by atoms with Crippen LogP contribution in [0.5, 0.6) is 0 Å². The summed E-state index contributed by atoms with van der Waals surface area (Å²) >= 11 is 0. The van der Waals surface area contributed by atoms with Crippen molar-refractivity contribution in [1.29, 1.82) is 5.26 Å². The molecule has 0 aliphatic carbocycles. The number of nitrogens with one attached hydrogen (secondary N) is 1. The van der Waals surface area contributed by atoms with E-state index in [-0.39, 0.29) is 23.5 Å². The van der Waals surface area contributed by atoms with Gasteiger partial charge in [-0.05, 0) is 24.6 Å². The predicted molar refractivity (Wildman–Crippen MR) is 54.7 cm³/mol. The highest BCUT2D eigenvalue weighted by molar-refractivity contribution is 5.85. The van der Waals surface area contributed by atoms with Gasteiger partial charge >= 0.3 is 0 Å². The van der Waals surface area contributed by atoms with E-state index in [9.17, 15) is 4.79 Å². The summed E-state index contributed by atoms with van der Waals surface area (Å²) in [6, 6.07) is 5.48. The molecule has 0 amide bonds. The van der Waals surface area contributed by atoms with E-state index in [1.807, 2.05) is 6.07 Å². The zero-order valence-corrected chi connectivity index (χ0v) is 8.26. The van der Waals surface area contributed by atoms with Gasteiger partial charge in [-0.1, -0.05) is 0 Å². The van der Waals surface area contributed by atoms with Crippen LogP contribution in [0.3, 0.4) is 0 Å². The number of aryl methyl sites for hydroxylation is 1. The van der Waals surface area contributed by atoms with Gasteiger partial charge in [0, 0.05) is 6.20 Å². The van der Waals surface area contributed by atoms with Crippen molar-refractivity contribution in [3.8, 4) is 6.07 Å². The second-order valence-corrected chi connectivity index (χ2v) is 2.84. The zero-order valence-electron chi connectivity index (χ0n) is 7.44. The maximum absolute atomic E-state index is 11.6. The summed E-state index contributed by atoms with van der Waals surface area (Å²) in [5.74, 6) is 0. The van der Waals surface area contributed by atoms with E-state index in [4.69, 9.17) is 5.26 Å². The van der Waals surface area contributed by atoms with Crippen molar-refractivity contribution in [2.24, 2.45) is 0 Å². The Morgan fingerprint density at radius 1 is 1.57 bits per heavy atom. The SMILES string of the molecule is Cc1cc2cc[nH]n2c(=O)c1C#N.Cl. The van der Waals surface area contributed by atoms with Gasteiger partial charge in [-0.25, -0.2) is 4.52 Å². The number of nitriles is 1. The molecule has 0 unspecified atom stereocenters. The van der Waals surface area contributed by atoms with Crippen LogP contribution >= 0.6 is 12.4 Å². The average molecular weight is 210 g/mol. The summed E-state index contributed by atoms with van der Waals surface area (Å²) in [7, 11) is 0. The van der Waals surface area contributed by atoms with E-state index < -0.39 is 0 Å². The van der Waals surface area contributed by atoms with E-state index in [0.29, 0.717) is 5.56 Å². The Morgan fingerprint density at radius 3 is 2.93 bits per heavy atom. The van der Waals surface area contributed by atoms with Gasteiger partial charge in [0.05, 0.1) is 5.52 Å². The highest BCUT2D eigenvalue weighted by atomic mass is 35.5. The molecule has 0 saturated carbocycles. The highest BCUT2D eigenvalue weighted by Gasteiger charge is 2.06. The van der Waals surface area contributed by atoms with Crippen LogP contribution in [0, 0.1) is 18.3 Å². The molecule has 1 N–H and O–H groups in total. The molecule has 14 heavy (non-hydrogen) atoms. The molecule has 2 aromatic heterocycles. The molecule has 2 aromatic rings. The number of rotatable bonds is 0. The minimum atomic E-state index is -0.289. The van der Waals surface area contributed by atoms with Crippen molar-refractivity contribution in [1.82, 2.24) is 9.61 Å². The first-order valence-electron chi connectivity index (χ1n) is 3.84. The lowest BCUT2D eigenvalue weighted by Crippen LogP contribution is -2.17. The van der Waals surface area contributed by atoms with Gasteiger partial charge in [0.1, 0.15) is 11.6 Å². The molecule has 0 aromatic carbocycles. The summed E-state index contributed by atoms with van der Waals surface area (Å²) in [6.07, 6.45) is 1.66. The maximum atomic E-state index is 11.6. The van der Waals surface area contributed by atoms with Gasteiger partial charge in [0.25, 0.3) is 5.56 Å². The van der Waals surface area contributed by atoms with E-state index in [2.05, 4.69) is 5.10 Å². The van der Waals surface area contributed by atoms with Gasteiger partial charge < -0.3 is 0 Å².